The normalized spacial score (nSPS) is 10.8. The Balaban J connectivity index is 1.52. The number of ether oxygens (including phenoxy) is 4. The molecule has 0 unspecified atom stereocenters. The monoisotopic (exact) mass is 509 g/mol. The number of nitrogens with two attached hydrogens (primary N) is 1. The third-order valence-corrected chi connectivity index (χ3v) is 5.91. The number of hydrogen-bond donors (Lipinski definition) is 1. The lowest BCUT2D eigenvalue weighted by atomic mass is 10.2. The highest BCUT2D eigenvalue weighted by atomic mass is 32.2. The number of rotatable bonds is 13. The highest BCUT2D eigenvalue weighted by Crippen LogP contribution is 2.34. The van der Waals surface area contributed by atoms with Crippen LogP contribution >= 0.6 is 11.8 Å². The maximum atomic E-state index is 6.16. The zero-order chi connectivity index (χ0) is 25.2. The second-order valence-corrected chi connectivity index (χ2v) is 8.57. The van der Waals surface area contributed by atoms with Crippen molar-refractivity contribution in [2.45, 2.75) is 18.4 Å². The predicted molar refractivity (Wildman–Crippen MR) is 135 cm³/mol. The topological polar surface area (TPSA) is 111 Å². The van der Waals surface area contributed by atoms with E-state index in [9.17, 15) is 0 Å². The van der Waals surface area contributed by atoms with Crippen molar-refractivity contribution in [2.24, 2.45) is 5.90 Å². The highest BCUT2D eigenvalue weighted by Gasteiger charge is 2.14. The average Bonchev–Trinajstić information content (AvgIpc) is 3.40. The first-order valence-electron chi connectivity index (χ1n) is 11.1. The van der Waals surface area contributed by atoms with E-state index in [1.54, 1.807) is 14.2 Å². The van der Waals surface area contributed by atoms with Gasteiger partial charge in [-0.1, -0.05) is 36.0 Å². The van der Waals surface area contributed by atoms with Gasteiger partial charge in [-0.05, 0) is 53.6 Å². The van der Waals surface area contributed by atoms with E-state index < -0.39 is 0 Å². The fourth-order valence-corrected chi connectivity index (χ4v) is 3.79. The Kier molecular flexibility index (Phi) is 9.03. The molecule has 4 rings (SSSR count). The molecule has 0 atom stereocenters. The van der Waals surface area contributed by atoms with E-state index in [1.807, 2.05) is 66.7 Å². The summed E-state index contributed by atoms with van der Waals surface area (Å²) in [6.45, 7) is 1.09. The molecule has 2 N–H and O–H groups in total. The van der Waals surface area contributed by atoms with Crippen molar-refractivity contribution < 1.29 is 28.2 Å². The molecule has 10 heteroatoms. The summed E-state index contributed by atoms with van der Waals surface area (Å²) >= 11 is 1.37. The maximum Gasteiger partial charge on any atom is 0.276 e. The summed E-state index contributed by atoms with van der Waals surface area (Å²) in [5.41, 5.74) is 2.70. The van der Waals surface area contributed by atoms with Crippen molar-refractivity contribution in [1.29, 1.82) is 0 Å². The van der Waals surface area contributed by atoms with Gasteiger partial charge >= 0.3 is 0 Å². The van der Waals surface area contributed by atoms with Crippen LogP contribution in [0.25, 0.3) is 11.5 Å². The van der Waals surface area contributed by atoms with Crippen molar-refractivity contribution in [3.05, 3.63) is 77.9 Å². The van der Waals surface area contributed by atoms with Crippen LogP contribution in [-0.2, 0) is 18.1 Å². The van der Waals surface area contributed by atoms with E-state index in [1.165, 1.54) is 11.8 Å². The summed E-state index contributed by atoms with van der Waals surface area (Å²) in [7, 11) is 3.27. The number of aromatic nitrogens is 2. The second-order valence-electron chi connectivity index (χ2n) is 7.53. The lowest BCUT2D eigenvalue weighted by molar-refractivity contribution is 0.155. The molecule has 1 heterocycles. The molecule has 0 saturated heterocycles. The minimum Gasteiger partial charge on any atom is -0.497 e. The van der Waals surface area contributed by atoms with Gasteiger partial charge in [0.1, 0.15) is 24.7 Å². The van der Waals surface area contributed by atoms with Crippen LogP contribution in [-0.4, -0.2) is 36.8 Å². The van der Waals surface area contributed by atoms with Gasteiger partial charge in [-0.3, -0.25) is 0 Å². The van der Waals surface area contributed by atoms with Gasteiger partial charge in [0.05, 0.1) is 20.8 Å². The van der Waals surface area contributed by atoms with Crippen LogP contribution in [0, 0.1) is 0 Å². The lowest BCUT2D eigenvalue weighted by Gasteiger charge is -2.14. The van der Waals surface area contributed by atoms with Crippen LogP contribution in [0.3, 0.4) is 0 Å². The number of hydrogen-bond acceptors (Lipinski definition) is 10. The smallest absolute Gasteiger partial charge is 0.276 e. The van der Waals surface area contributed by atoms with E-state index in [-0.39, 0.29) is 0 Å². The second kappa shape index (κ2) is 12.8. The molecule has 188 valence electrons. The van der Waals surface area contributed by atoms with Crippen molar-refractivity contribution in [2.75, 3.05) is 26.6 Å². The molecule has 0 aliphatic heterocycles. The number of nitrogens with zero attached hydrogens (tertiary/aromatic N) is 2. The standard InChI is InChI=1S/C26H27N3O6S/c1-30-21-8-3-18(4-9-21)16-32-23-12-7-20(25-28-29-26(35-25)36-14-13-34-27)15-24(23)33-17-19-5-10-22(31-2)11-6-19/h3-12,15H,13-14,16-17,27H2,1-2H3. The van der Waals surface area contributed by atoms with Crippen molar-refractivity contribution in [1.82, 2.24) is 10.2 Å². The van der Waals surface area contributed by atoms with Gasteiger partial charge in [-0.2, -0.15) is 0 Å². The van der Waals surface area contributed by atoms with Crippen molar-refractivity contribution in [3.63, 3.8) is 0 Å². The summed E-state index contributed by atoms with van der Waals surface area (Å²) < 4.78 is 28.5. The Morgan fingerprint density at radius 2 is 1.39 bits per heavy atom. The summed E-state index contributed by atoms with van der Waals surface area (Å²) in [5, 5.41) is 8.66. The first kappa shape index (κ1) is 25.4. The molecule has 0 aliphatic rings. The van der Waals surface area contributed by atoms with Crippen LogP contribution in [0.1, 0.15) is 11.1 Å². The SMILES string of the molecule is COc1ccc(COc2ccc(-c3nnc(SCCON)o3)cc2OCc2ccc(OC)cc2)cc1. The Hall–Kier alpha value is -3.73. The molecular formula is C26H27N3O6S. The molecule has 0 aliphatic carbocycles. The molecule has 0 radical (unpaired) electrons. The van der Waals surface area contributed by atoms with Crippen LogP contribution in [0.2, 0.25) is 0 Å². The van der Waals surface area contributed by atoms with Gasteiger partial charge in [0.25, 0.3) is 5.22 Å². The maximum absolute atomic E-state index is 6.16. The number of thioether (sulfide) groups is 1. The molecule has 0 bridgehead atoms. The molecule has 1 aromatic heterocycles. The summed E-state index contributed by atoms with van der Waals surface area (Å²) in [6.07, 6.45) is 0. The van der Waals surface area contributed by atoms with E-state index in [0.717, 1.165) is 22.6 Å². The predicted octanol–water partition coefficient (Wildman–Crippen LogP) is 4.89. The minimum absolute atomic E-state index is 0.344. The fourth-order valence-electron chi connectivity index (χ4n) is 3.20. The zero-order valence-electron chi connectivity index (χ0n) is 20.0. The zero-order valence-corrected chi connectivity index (χ0v) is 20.8. The highest BCUT2D eigenvalue weighted by molar-refractivity contribution is 7.99. The number of methoxy groups -OCH3 is 2. The molecule has 0 spiro atoms. The van der Waals surface area contributed by atoms with E-state index in [2.05, 4.69) is 15.0 Å². The first-order valence-corrected chi connectivity index (χ1v) is 12.1. The first-order chi connectivity index (χ1) is 17.7. The van der Waals surface area contributed by atoms with E-state index in [4.69, 9.17) is 29.3 Å². The summed E-state index contributed by atoms with van der Waals surface area (Å²) in [5.74, 6) is 8.77. The minimum atomic E-state index is 0.344. The van der Waals surface area contributed by atoms with Crippen LogP contribution in [0.4, 0.5) is 0 Å². The largest absolute Gasteiger partial charge is 0.497 e. The molecule has 3 aromatic carbocycles. The van der Waals surface area contributed by atoms with Gasteiger partial charge in [0.15, 0.2) is 11.5 Å². The molecule has 0 amide bonds. The Bertz CT molecular complexity index is 1230. The molecule has 4 aromatic rings. The van der Waals surface area contributed by atoms with Crippen molar-refractivity contribution >= 4 is 11.8 Å². The molecule has 0 fully saturated rings. The lowest BCUT2D eigenvalue weighted by Crippen LogP contribution is -2.02. The number of benzene rings is 3. The van der Waals surface area contributed by atoms with Crippen molar-refractivity contribution in [3.8, 4) is 34.5 Å². The third-order valence-electron chi connectivity index (χ3n) is 5.13. The van der Waals surface area contributed by atoms with E-state index >= 15 is 0 Å². The molecule has 9 nitrogen and oxygen atoms in total. The third kappa shape index (κ3) is 6.91. The van der Waals surface area contributed by atoms with Gasteiger partial charge in [0, 0.05) is 11.3 Å². The average molecular weight is 510 g/mol. The van der Waals surface area contributed by atoms with E-state index in [0.29, 0.717) is 53.7 Å². The fraction of sp³-hybridized carbons (Fsp3) is 0.231. The molecule has 0 saturated carbocycles. The van der Waals surface area contributed by atoms with Crippen LogP contribution in [0.5, 0.6) is 23.0 Å². The Morgan fingerprint density at radius 3 is 1.97 bits per heavy atom. The van der Waals surface area contributed by atoms with Gasteiger partial charge < -0.3 is 28.2 Å². The quantitative estimate of drug-likeness (QED) is 0.152. The molecular weight excluding hydrogens is 482 g/mol. The Morgan fingerprint density at radius 1 is 0.778 bits per heavy atom. The summed E-state index contributed by atoms with van der Waals surface area (Å²) in [6, 6.07) is 20.9. The van der Waals surface area contributed by atoms with Gasteiger partial charge in [-0.15, -0.1) is 10.2 Å². The van der Waals surface area contributed by atoms with Crippen LogP contribution < -0.4 is 24.8 Å². The Labute approximate surface area is 213 Å². The molecule has 36 heavy (non-hydrogen) atoms. The van der Waals surface area contributed by atoms with Gasteiger partial charge in [0.2, 0.25) is 5.89 Å². The summed E-state index contributed by atoms with van der Waals surface area (Å²) in [4.78, 5) is 4.57. The van der Waals surface area contributed by atoms with Gasteiger partial charge in [-0.25, -0.2) is 5.90 Å². The van der Waals surface area contributed by atoms with Crippen LogP contribution in [0.15, 0.2) is 76.4 Å².